The van der Waals surface area contributed by atoms with E-state index in [-0.39, 0.29) is 0 Å². The normalized spacial score (nSPS) is 11.0. The molecule has 0 spiro atoms. The van der Waals surface area contributed by atoms with Crippen molar-refractivity contribution in [3.8, 4) is 11.3 Å². The molecule has 0 aliphatic carbocycles. The van der Waals surface area contributed by atoms with Gasteiger partial charge in [-0.25, -0.2) is 4.98 Å². The van der Waals surface area contributed by atoms with Gasteiger partial charge in [-0.3, -0.25) is 4.68 Å². The molecular weight excluding hydrogens is 324 g/mol. The summed E-state index contributed by atoms with van der Waals surface area (Å²) in [5.74, 6) is 0.625. The number of aryl methyl sites for hydroxylation is 1. The van der Waals surface area contributed by atoms with E-state index in [0.29, 0.717) is 5.95 Å². The Labute approximate surface area is 152 Å². The minimum Gasteiger partial charge on any atom is -0.342 e. The fraction of sp³-hybridized carbons (Fsp3) is 0.200. The molecule has 0 amide bonds. The van der Waals surface area contributed by atoms with Crippen LogP contribution < -0.4 is 4.90 Å². The van der Waals surface area contributed by atoms with Gasteiger partial charge in [-0.1, -0.05) is 36.4 Å². The highest BCUT2D eigenvalue weighted by molar-refractivity contribution is 5.86. The number of fused-ring (bicyclic) bond motifs is 1. The summed E-state index contributed by atoms with van der Waals surface area (Å²) in [6.07, 6.45) is 6.51. The van der Waals surface area contributed by atoms with E-state index in [1.807, 2.05) is 48.2 Å². The molecule has 0 saturated carbocycles. The van der Waals surface area contributed by atoms with Crippen molar-refractivity contribution >= 4 is 16.7 Å². The minimum absolute atomic E-state index is 0.625. The van der Waals surface area contributed by atoms with Crippen LogP contribution in [0.1, 0.15) is 5.56 Å². The van der Waals surface area contributed by atoms with Crippen LogP contribution in [0.3, 0.4) is 0 Å². The van der Waals surface area contributed by atoms with Crippen molar-refractivity contribution in [1.82, 2.24) is 25.0 Å². The van der Waals surface area contributed by atoms with Crippen LogP contribution in [-0.4, -0.2) is 38.6 Å². The topological polar surface area (TPSA) is 59.7 Å². The Bertz CT molecular complexity index is 1040. The van der Waals surface area contributed by atoms with E-state index in [2.05, 4.69) is 45.6 Å². The van der Waals surface area contributed by atoms with E-state index in [1.165, 1.54) is 16.3 Å². The Hall–Kier alpha value is -3.28. The molecule has 0 N–H and O–H groups in total. The van der Waals surface area contributed by atoms with Crippen molar-refractivity contribution in [2.45, 2.75) is 6.42 Å². The molecular formula is C20H20N6. The van der Waals surface area contributed by atoms with E-state index >= 15 is 0 Å². The van der Waals surface area contributed by atoms with Crippen LogP contribution in [0.5, 0.6) is 0 Å². The number of likely N-dealkylation sites (N-methyl/N-ethyl adjacent to an activating group) is 1. The molecule has 0 aliphatic rings. The van der Waals surface area contributed by atoms with Crippen molar-refractivity contribution in [2.24, 2.45) is 7.05 Å². The van der Waals surface area contributed by atoms with Gasteiger partial charge < -0.3 is 4.90 Å². The summed E-state index contributed by atoms with van der Waals surface area (Å²) in [5, 5.41) is 14.9. The van der Waals surface area contributed by atoms with Crippen LogP contribution in [-0.2, 0) is 13.5 Å². The third kappa shape index (κ3) is 3.39. The Morgan fingerprint density at radius 2 is 1.88 bits per heavy atom. The zero-order valence-electron chi connectivity index (χ0n) is 14.9. The van der Waals surface area contributed by atoms with Gasteiger partial charge >= 0.3 is 0 Å². The van der Waals surface area contributed by atoms with Crippen LogP contribution in [0.4, 0.5) is 5.95 Å². The maximum Gasteiger partial charge on any atom is 0.245 e. The molecule has 6 heteroatoms. The molecule has 2 aromatic heterocycles. The zero-order chi connectivity index (χ0) is 17.9. The summed E-state index contributed by atoms with van der Waals surface area (Å²) in [6, 6.07) is 14.6. The summed E-state index contributed by atoms with van der Waals surface area (Å²) in [6.45, 7) is 0.800. The average molecular weight is 344 g/mol. The molecule has 4 rings (SSSR count). The van der Waals surface area contributed by atoms with Crippen molar-refractivity contribution in [1.29, 1.82) is 0 Å². The lowest BCUT2D eigenvalue weighted by molar-refractivity contribution is 0.765. The van der Waals surface area contributed by atoms with Gasteiger partial charge in [-0.15, -0.1) is 5.10 Å². The molecule has 4 aromatic rings. The van der Waals surface area contributed by atoms with Crippen molar-refractivity contribution in [3.63, 3.8) is 0 Å². The molecule has 6 nitrogen and oxygen atoms in total. The van der Waals surface area contributed by atoms with Crippen molar-refractivity contribution in [2.75, 3.05) is 18.5 Å². The van der Waals surface area contributed by atoms with Crippen LogP contribution in [0.15, 0.2) is 61.1 Å². The maximum atomic E-state index is 4.70. The average Bonchev–Trinajstić information content (AvgIpc) is 3.11. The molecule has 2 heterocycles. The van der Waals surface area contributed by atoms with Gasteiger partial charge in [0.1, 0.15) is 0 Å². The zero-order valence-corrected chi connectivity index (χ0v) is 14.9. The van der Waals surface area contributed by atoms with Gasteiger partial charge in [-0.05, 0) is 28.8 Å². The van der Waals surface area contributed by atoms with Crippen LogP contribution in [0.25, 0.3) is 22.0 Å². The van der Waals surface area contributed by atoms with Gasteiger partial charge in [0.2, 0.25) is 5.95 Å². The lowest BCUT2D eigenvalue weighted by atomic mass is 10.1. The highest BCUT2D eigenvalue weighted by Gasteiger charge is 2.09. The second-order valence-corrected chi connectivity index (χ2v) is 6.40. The smallest absolute Gasteiger partial charge is 0.245 e. The summed E-state index contributed by atoms with van der Waals surface area (Å²) in [4.78, 5) is 6.72. The molecule has 0 aliphatic heterocycles. The first-order valence-corrected chi connectivity index (χ1v) is 8.56. The van der Waals surface area contributed by atoms with E-state index < -0.39 is 0 Å². The highest BCUT2D eigenvalue weighted by Crippen LogP contribution is 2.23. The monoisotopic (exact) mass is 344 g/mol. The molecule has 130 valence electrons. The summed E-state index contributed by atoms with van der Waals surface area (Å²) in [7, 11) is 3.91. The second kappa shape index (κ2) is 6.92. The number of hydrogen-bond acceptors (Lipinski definition) is 5. The summed E-state index contributed by atoms with van der Waals surface area (Å²) >= 11 is 0. The Kier molecular flexibility index (Phi) is 4.31. The van der Waals surface area contributed by atoms with E-state index in [4.69, 9.17) is 4.98 Å². The summed E-state index contributed by atoms with van der Waals surface area (Å²) in [5.41, 5.74) is 3.06. The number of rotatable bonds is 5. The quantitative estimate of drug-likeness (QED) is 0.557. The fourth-order valence-corrected chi connectivity index (χ4v) is 2.94. The van der Waals surface area contributed by atoms with Gasteiger partial charge in [-0.2, -0.15) is 10.2 Å². The molecule has 26 heavy (non-hydrogen) atoms. The van der Waals surface area contributed by atoms with E-state index in [0.717, 1.165) is 24.2 Å². The van der Waals surface area contributed by atoms with Crippen molar-refractivity contribution in [3.05, 3.63) is 66.6 Å². The Balaban J connectivity index is 1.55. The molecule has 0 fully saturated rings. The van der Waals surface area contributed by atoms with Crippen molar-refractivity contribution < 1.29 is 0 Å². The number of nitrogens with zero attached hydrogens (tertiary/aromatic N) is 6. The van der Waals surface area contributed by atoms with Gasteiger partial charge in [0.25, 0.3) is 0 Å². The first-order valence-electron chi connectivity index (χ1n) is 8.56. The first-order chi connectivity index (χ1) is 12.7. The highest BCUT2D eigenvalue weighted by atomic mass is 15.3. The molecule has 0 bridgehead atoms. The molecule has 0 atom stereocenters. The lowest BCUT2D eigenvalue weighted by Gasteiger charge is -2.16. The SMILES string of the molecule is CN(CCc1cnn(C)c1)c1nncc(-c2ccc3ccccc3c2)n1. The Morgan fingerprint density at radius 1 is 1.04 bits per heavy atom. The van der Waals surface area contributed by atoms with Crippen LogP contribution in [0.2, 0.25) is 0 Å². The van der Waals surface area contributed by atoms with Gasteiger partial charge in [0.15, 0.2) is 0 Å². The third-order valence-electron chi connectivity index (χ3n) is 4.43. The number of anilines is 1. The predicted octanol–water partition coefficient (Wildman–Crippen LogP) is 3.10. The van der Waals surface area contributed by atoms with E-state index in [9.17, 15) is 0 Å². The summed E-state index contributed by atoms with van der Waals surface area (Å²) < 4.78 is 1.81. The predicted molar refractivity (Wildman–Crippen MR) is 103 cm³/mol. The minimum atomic E-state index is 0.625. The van der Waals surface area contributed by atoms with Gasteiger partial charge in [0.05, 0.1) is 18.1 Å². The molecule has 0 saturated heterocycles. The first kappa shape index (κ1) is 16.2. The van der Waals surface area contributed by atoms with Crippen LogP contribution >= 0.6 is 0 Å². The van der Waals surface area contributed by atoms with E-state index in [1.54, 1.807) is 6.20 Å². The number of hydrogen-bond donors (Lipinski definition) is 0. The van der Waals surface area contributed by atoms with Gasteiger partial charge in [0, 0.05) is 32.4 Å². The fourth-order valence-electron chi connectivity index (χ4n) is 2.94. The molecule has 0 unspecified atom stereocenters. The molecule has 2 aromatic carbocycles. The van der Waals surface area contributed by atoms with Crippen LogP contribution in [0, 0.1) is 0 Å². The second-order valence-electron chi connectivity index (χ2n) is 6.40. The lowest BCUT2D eigenvalue weighted by Crippen LogP contribution is -2.23. The maximum absolute atomic E-state index is 4.70. The largest absolute Gasteiger partial charge is 0.342 e. The Morgan fingerprint density at radius 3 is 2.69 bits per heavy atom. The number of benzene rings is 2. The number of aromatic nitrogens is 5. The third-order valence-corrected chi connectivity index (χ3v) is 4.43. The molecule has 0 radical (unpaired) electrons. The standard InChI is InChI=1S/C20H20N6/c1-25(10-9-15-12-22-26(2)14-15)20-23-19(13-21-24-20)18-8-7-16-5-3-4-6-17(16)11-18/h3-8,11-14H,9-10H2,1-2H3.